The number of benzene rings is 3. The van der Waals surface area contributed by atoms with Gasteiger partial charge in [-0.15, -0.1) is 0 Å². The smallest absolute Gasteiger partial charge is 0.0163 e. The lowest BCUT2D eigenvalue weighted by atomic mass is 10.2. The normalized spacial score (nSPS) is 11.3. The number of hydrogen-bond acceptors (Lipinski definition) is 0. The van der Waals surface area contributed by atoms with Crippen molar-refractivity contribution in [1.82, 2.24) is 0 Å². The Morgan fingerprint density at radius 1 is 0.619 bits per heavy atom. The summed E-state index contributed by atoms with van der Waals surface area (Å²) in [6.45, 7) is 0.339. The second-order valence-electron chi connectivity index (χ2n) is 5.32. The van der Waals surface area contributed by atoms with E-state index in [1.54, 1.807) is 0 Å². The predicted octanol–water partition coefficient (Wildman–Crippen LogP) is 3.72. The van der Waals surface area contributed by atoms with Crippen LogP contribution in [0.3, 0.4) is 0 Å². The van der Waals surface area contributed by atoms with Gasteiger partial charge in [0, 0.05) is 0 Å². The Labute approximate surface area is 127 Å². The molecule has 0 aliphatic rings. The summed E-state index contributed by atoms with van der Waals surface area (Å²) in [5.41, 5.74) is 1.28. The molecule has 0 aromatic heterocycles. The molecule has 0 unspecified atom stereocenters. The van der Waals surface area contributed by atoms with Crippen LogP contribution < -0.4 is 15.9 Å². The topological polar surface area (TPSA) is 0 Å². The zero-order chi connectivity index (χ0) is 14.7. The van der Waals surface area contributed by atoms with Crippen LogP contribution in [0.1, 0.15) is 5.56 Å². The van der Waals surface area contributed by atoms with Gasteiger partial charge in [-0.3, -0.25) is 0 Å². The molecule has 0 nitrogen and oxygen atoms in total. The summed E-state index contributed by atoms with van der Waals surface area (Å²) >= 11 is 0. The van der Waals surface area contributed by atoms with Gasteiger partial charge >= 0.3 is 0 Å². The molecule has 21 heavy (non-hydrogen) atoms. The molecule has 0 N–H and O–H groups in total. The van der Waals surface area contributed by atoms with Gasteiger partial charge in [0.1, 0.15) is 0 Å². The molecule has 0 aliphatic carbocycles. The molecule has 0 amide bonds. The van der Waals surface area contributed by atoms with Crippen molar-refractivity contribution in [2.75, 3.05) is 0 Å². The Hall–Kier alpha value is -2.04. The first-order chi connectivity index (χ1) is 10.2. The van der Waals surface area contributed by atoms with Gasteiger partial charge < -0.3 is 0 Å². The van der Waals surface area contributed by atoms with Gasteiger partial charge in [-0.1, -0.05) is 96.8 Å². The van der Waals surface area contributed by atoms with Crippen LogP contribution in [-0.2, 0) is 0 Å². The molecule has 0 saturated heterocycles. The van der Waals surface area contributed by atoms with Gasteiger partial charge in [0.05, 0.1) is 0 Å². The summed E-state index contributed by atoms with van der Waals surface area (Å²) in [7, 11) is 0. The fourth-order valence-electron chi connectivity index (χ4n) is 2.68. The molecule has 0 saturated carbocycles. The van der Waals surface area contributed by atoms with Crippen molar-refractivity contribution >= 4 is 29.1 Å². The third-order valence-corrected chi connectivity index (χ3v) is 7.36. The van der Waals surface area contributed by atoms with Crippen molar-refractivity contribution in [3.63, 3.8) is 0 Å². The van der Waals surface area contributed by atoms with E-state index < -0.39 is 6.89 Å². The lowest BCUT2D eigenvalue weighted by molar-refractivity contribution is 1.49. The second-order valence-corrected chi connectivity index (χ2v) is 8.49. The average molecular weight is 290 g/mol. The van der Waals surface area contributed by atoms with E-state index in [1.165, 1.54) is 21.5 Å². The summed E-state index contributed by atoms with van der Waals surface area (Å²) in [4.78, 5) is 0. The minimum Gasteiger partial charge on any atom is -0.0887 e. The first-order valence-electron chi connectivity index (χ1n) is 7.13. The Bertz CT molecular complexity index is 730. The van der Waals surface area contributed by atoms with Crippen LogP contribution in [-0.4, -0.2) is 6.30 Å². The standard InChI is InChI=1S/C20H19P/c1-17-10-9-15-20(16-17)21(2,18-11-5-3-6-12-18)19-13-7-4-8-14-19/h3-16H,2H2,1H3. The molecule has 0 aliphatic heterocycles. The van der Waals surface area contributed by atoms with Crippen LogP contribution in [0.25, 0.3) is 0 Å². The van der Waals surface area contributed by atoms with Crippen LogP contribution in [0, 0.1) is 6.92 Å². The first kappa shape index (κ1) is 13.9. The van der Waals surface area contributed by atoms with E-state index in [9.17, 15) is 0 Å². The van der Waals surface area contributed by atoms with Crippen LogP contribution >= 0.6 is 6.89 Å². The molecule has 3 rings (SSSR count). The highest BCUT2D eigenvalue weighted by Crippen LogP contribution is 2.41. The van der Waals surface area contributed by atoms with Gasteiger partial charge in [0.2, 0.25) is 0 Å². The highest BCUT2D eigenvalue weighted by atomic mass is 31.2. The van der Waals surface area contributed by atoms with Crippen LogP contribution in [0.5, 0.6) is 0 Å². The minimum atomic E-state index is -1.80. The van der Waals surface area contributed by atoms with Gasteiger partial charge in [0.25, 0.3) is 0 Å². The predicted molar refractivity (Wildman–Crippen MR) is 97.0 cm³/mol. The molecular weight excluding hydrogens is 271 g/mol. The molecule has 0 heterocycles. The van der Waals surface area contributed by atoms with E-state index >= 15 is 0 Å². The molecule has 0 bridgehead atoms. The van der Waals surface area contributed by atoms with Gasteiger partial charge in [-0.05, 0) is 29.7 Å². The zero-order valence-corrected chi connectivity index (χ0v) is 13.1. The van der Waals surface area contributed by atoms with E-state index in [0.717, 1.165) is 0 Å². The quantitative estimate of drug-likeness (QED) is 0.645. The SMILES string of the molecule is C=P(c1ccccc1)(c1ccccc1)c1cccc(C)c1. The van der Waals surface area contributed by atoms with Gasteiger partial charge in [0.15, 0.2) is 0 Å². The van der Waals surface area contributed by atoms with Gasteiger partial charge in [-0.2, -0.15) is 0 Å². The number of aryl methyl sites for hydroxylation is 1. The zero-order valence-electron chi connectivity index (χ0n) is 12.2. The fourth-order valence-corrected chi connectivity index (χ4v) is 5.70. The van der Waals surface area contributed by atoms with Gasteiger partial charge in [-0.25, -0.2) is 0 Å². The van der Waals surface area contributed by atoms with Crippen molar-refractivity contribution in [2.45, 2.75) is 6.92 Å². The molecule has 104 valence electrons. The molecule has 3 aromatic rings. The van der Waals surface area contributed by atoms with E-state index in [0.29, 0.717) is 0 Å². The Balaban J connectivity index is 2.29. The van der Waals surface area contributed by atoms with E-state index in [4.69, 9.17) is 6.30 Å². The second kappa shape index (κ2) is 5.76. The molecule has 1 heteroatoms. The maximum atomic E-state index is 4.73. The average Bonchev–Trinajstić information content (AvgIpc) is 2.56. The van der Waals surface area contributed by atoms with Crippen LogP contribution in [0.2, 0.25) is 0 Å². The monoisotopic (exact) mass is 290 g/mol. The van der Waals surface area contributed by atoms with E-state index in [-0.39, 0.29) is 0 Å². The number of hydrogen-bond donors (Lipinski definition) is 0. The molecule has 0 spiro atoms. The number of rotatable bonds is 3. The summed E-state index contributed by atoms with van der Waals surface area (Å²) in [5, 5.41) is 3.98. The summed E-state index contributed by atoms with van der Waals surface area (Å²) in [6.07, 6.45) is 4.73. The Morgan fingerprint density at radius 2 is 1.10 bits per heavy atom. The minimum absolute atomic E-state index is 1.28. The van der Waals surface area contributed by atoms with Crippen molar-refractivity contribution in [2.24, 2.45) is 0 Å². The fraction of sp³-hybridized carbons (Fsp3) is 0.0500. The molecular formula is C20H19P. The first-order valence-corrected chi connectivity index (χ1v) is 9.10. The molecule has 0 fully saturated rings. The molecule has 3 aromatic carbocycles. The largest absolute Gasteiger partial charge is 0.0887 e. The van der Waals surface area contributed by atoms with Crippen molar-refractivity contribution < 1.29 is 0 Å². The van der Waals surface area contributed by atoms with Crippen LogP contribution in [0.15, 0.2) is 84.9 Å². The third-order valence-electron chi connectivity index (χ3n) is 3.84. The molecule has 0 radical (unpaired) electrons. The lowest BCUT2D eigenvalue weighted by Gasteiger charge is -2.26. The Morgan fingerprint density at radius 3 is 1.57 bits per heavy atom. The lowest BCUT2D eigenvalue weighted by Crippen LogP contribution is -2.25. The Kier molecular flexibility index (Phi) is 3.82. The summed E-state index contributed by atoms with van der Waals surface area (Å²) in [5.74, 6) is 0. The highest BCUT2D eigenvalue weighted by Gasteiger charge is 2.21. The maximum absolute atomic E-state index is 4.73. The van der Waals surface area contributed by atoms with Crippen LogP contribution in [0.4, 0.5) is 0 Å². The molecule has 0 atom stereocenters. The van der Waals surface area contributed by atoms with Crippen molar-refractivity contribution in [3.05, 3.63) is 90.5 Å². The van der Waals surface area contributed by atoms with Crippen molar-refractivity contribution in [1.29, 1.82) is 0 Å². The van der Waals surface area contributed by atoms with E-state index in [1.807, 2.05) is 0 Å². The van der Waals surface area contributed by atoms with Crippen molar-refractivity contribution in [3.8, 4) is 0 Å². The third kappa shape index (κ3) is 2.60. The maximum Gasteiger partial charge on any atom is -0.0163 e. The summed E-state index contributed by atoms with van der Waals surface area (Å²) in [6, 6.07) is 30.1. The summed E-state index contributed by atoms with van der Waals surface area (Å²) < 4.78 is 0. The highest BCUT2D eigenvalue weighted by molar-refractivity contribution is 7.93. The van der Waals surface area contributed by atoms with E-state index in [2.05, 4.69) is 91.9 Å².